The van der Waals surface area contributed by atoms with E-state index in [1.165, 1.54) is 11.8 Å². The van der Waals surface area contributed by atoms with Gasteiger partial charge in [-0.05, 0) is 59.8 Å². The molecule has 1 saturated heterocycles. The molecule has 1 aliphatic heterocycles. The number of benzene rings is 2. The predicted molar refractivity (Wildman–Crippen MR) is 93.1 cm³/mol. The summed E-state index contributed by atoms with van der Waals surface area (Å²) in [7, 11) is 0. The molecule has 0 atom stereocenters. The van der Waals surface area contributed by atoms with E-state index in [0.717, 1.165) is 10.0 Å². The van der Waals surface area contributed by atoms with E-state index in [0.29, 0.717) is 15.8 Å². The zero-order chi connectivity index (χ0) is 15.5. The number of rotatable bonds is 2. The standard InChI is InChI=1S/C16H11BrN2O2S/c17-11-3-1-2-10(8-11)9-14-15(21)19-16(22-14)18-12-4-6-13(20)7-5-12/h1-9,20H,(H,18,19,21). The third-order valence-corrected chi connectivity index (χ3v) is 4.28. The molecule has 110 valence electrons. The smallest absolute Gasteiger partial charge is 0.264 e. The van der Waals surface area contributed by atoms with Crippen LogP contribution in [0.15, 0.2) is 62.9 Å². The Morgan fingerprint density at radius 2 is 1.95 bits per heavy atom. The van der Waals surface area contributed by atoms with Gasteiger partial charge < -0.3 is 10.4 Å². The van der Waals surface area contributed by atoms with Gasteiger partial charge in [-0.15, -0.1) is 0 Å². The molecule has 1 heterocycles. The van der Waals surface area contributed by atoms with Gasteiger partial charge in [-0.3, -0.25) is 4.79 Å². The highest BCUT2D eigenvalue weighted by molar-refractivity contribution is 9.10. The first-order valence-corrected chi connectivity index (χ1v) is 8.05. The van der Waals surface area contributed by atoms with Crippen LogP contribution in [0.4, 0.5) is 5.69 Å². The van der Waals surface area contributed by atoms with Gasteiger partial charge in [-0.1, -0.05) is 28.1 Å². The van der Waals surface area contributed by atoms with E-state index in [2.05, 4.69) is 26.2 Å². The number of hydrogen-bond donors (Lipinski definition) is 2. The summed E-state index contributed by atoms with van der Waals surface area (Å²) >= 11 is 4.70. The van der Waals surface area contributed by atoms with E-state index in [9.17, 15) is 9.90 Å². The van der Waals surface area contributed by atoms with E-state index in [1.54, 1.807) is 24.3 Å². The number of amidine groups is 1. The summed E-state index contributed by atoms with van der Waals surface area (Å²) in [6, 6.07) is 14.2. The Labute approximate surface area is 140 Å². The lowest BCUT2D eigenvalue weighted by Crippen LogP contribution is -2.19. The molecule has 2 N–H and O–H groups in total. The monoisotopic (exact) mass is 374 g/mol. The fraction of sp³-hybridized carbons (Fsp3) is 0. The number of carbonyl (C=O) groups excluding carboxylic acids is 1. The van der Waals surface area contributed by atoms with Gasteiger partial charge in [0, 0.05) is 4.47 Å². The highest BCUT2D eigenvalue weighted by Gasteiger charge is 2.23. The molecule has 3 rings (SSSR count). The van der Waals surface area contributed by atoms with E-state index in [1.807, 2.05) is 30.3 Å². The second-order valence-corrected chi connectivity index (χ2v) is 6.50. The molecule has 1 fully saturated rings. The quantitative estimate of drug-likeness (QED) is 0.779. The van der Waals surface area contributed by atoms with Gasteiger partial charge in [0.1, 0.15) is 5.75 Å². The average Bonchev–Trinajstić information content (AvgIpc) is 2.81. The van der Waals surface area contributed by atoms with Crippen LogP contribution in [0.1, 0.15) is 5.56 Å². The highest BCUT2D eigenvalue weighted by Crippen LogP contribution is 2.28. The zero-order valence-electron chi connectivity index (χ0n) is 11.3. The lowest BCUT2D eigenvalue weighted by Gasteiger charge is -1.96. The van der Waals surface area contributed by atoms with Crippen LogP contribution in [-0.4, -0.2) is 16.2 Å². The maximum absolute atomic E-state index is 12.0. The Morgan fingerprint density at radius 3 is 2.68 bits per heavy atom. The third-order valence-electron chi connectivity index (χ3n) is 2.88. The minimum Gasteiger partial charge on any atom is -0.508 e. The summed E-state index contributed by atoms with van der Waals surface area (Å²) in [6.45, 7) is 0. The Hall–Kier alpha value is -2.05. The molecule has 0 spiro atoms. The average molecular weight is 375 g/mol. The predicted octanol–water partition coefficient (Wildman–Crippen LogP) is 4.05. The number of nitrogens with one attached hydrogen (secondary N) is 1. The molecule has 2 aromatic rings. The molecular formula is C16H11BrN2O2S. The number of phenols is 1. The van der Waals surface area contributed by atoms with Crippen LogP contribution in [0.3, 0.4) is 0 Å². The van der Waals surface area contributed by atoms with Crippen molar-refractivity contribution in [2.75, 3.05) is 0 Å². The maximum Gasteiger partial charge on any atom is 0.264 e. The fourth-order valence-electron chi connectivity index (χ4n) is 1.87. The van der Waals surface area contributed by atoms with Crippen molar-refractivity contribution in [2.24, 2.45) is 4.99 Å². The number of carbonyl (C=O) groups is 1. The third kappa shape index (κ3) is 3.58. The van der Waals surface area contributed by atoms with Gasteiger partial charge in [0.25, 0.3) is 5.91 Å². The summed E-state index contributed by atoms with van der Waals surface area (Å²) in [4.78, 5) is 16.9. The van der Waals surface area contributed by atoms with Crippen molar-refractivity contribution in [3.8, 4) is 5.75 Å². The van der Waals surface area contributed by atoms with Crippen LogP contribution in [-0.2, 0) is 4.79 Å². The molecule has 0 saturated carbocycles. The molecule has 0 aliphatic carbocycles. The number of phenolic OH excluding ortho intramolecular Hbond substituents is 1. The molecule has 6 heteroatoms. The van der Waals surface area contributed by atoms with Crippen LogP contribution in [0.2, 0.25) is 0 Å². The van der Waals surface area contributed by atoms with E-state index in [-0.39, 0.29) is 11.7 Å². The van der Waals surface area contributed by atoms with E-state index < -0.39 is 0 Å². The normalized spacial score (nSPS) is 18.0. The first-order chi connectivity index (χ1) is 10.6. The number of aromatic hydroxyl groups is 1. The lowest BCUT2D eigenvalue weighted by molar-refractivity contribution is -0.115. The van der Waals surface area contributed by atoms with Gasteiger partial charge in [0.2, 0.25) is 0 Å². The minimum atomic E-state index is -0.164. The number of nitrogens with zero attached hydrogens (tertiary/aromatic N) is 1. The van der Waals surface area contributed by atoms with E-state index >= 15 is 0 Å². The van der Waals surface area contributed by atoms with Crippen LogP contribution < -0.4 is 5.32 Å². The molecule has 4 nitrogen and oxygen atoms in total. The van der Waals surface area contributed by atoms with Gasteiger partial charge in [0.15, 0.2) is 5.17 Å². The number of amides is 1. The summed E-state index contributed by atoms with van der Waals surface area (Å²) in [5.74, 6) is 0.0183. The fourth-order valence-corrected chi connectivity index (χ4v) is 3.13. The van der Waals surface area contributed by atoms with Crippen molar-refractivity contribution < 1.29 is 9.90 Å². The van der Waals surface area contributed by atoms with Crippen molar-refractivity contribution in [3.63, 3.8) is 0 Å². The molecule has 1 amide bonds. The Balaban J connectivity index is 1.82. The summed E-state index contributed by atoms with van der Waals surface area (Å²) in [5, 5.41) is 12.5. The second kappa shape index (κ2) is 6.37. The molecule has 2 aromatic carbocycles. The van der Waals surface area contributed by atoms with Gasteiger partial charge in [-0.25, -0.2) is 4.99 Å². The zero-order valence-corrected chi connectivity index (χ0v) is 13.7. The first-order valence-electron chi connectivity index (χ1n) is 6.44. The molecule has 0 bridgehead atoms. The number of aliphatic imine (C=N–C) groups is 1. The Kier molecular flexibility index (Phi) is 4.31. The molecular weight excluding hydrogens is 364 g/mol. The molecule has 0 radical (unpaired) electrons. The molecule has 1 aliphatic rings. The first kappa shape index (κ1) is 14.9. The summed E-state index contributed by atoms with van der Waals surface area (Å²) < 4.78 is 0.961. The number of halogens is 1. The Morgan fingerprint density at radius 1 is 1.18 bits per heavy atom. The number of hydrogen-bond acceptors (Lipinski definition) is 4. The Bertz CT molecular complexity index is 785. The number of thioether (sulfide) groups is 1. The second-order valence-electron chi connectivity index (χ2n) is 4.55. The largest absolute Gasteiger partial charge is 0.508 e. The van der Waals surface area contributed by atoms with Crippen LogP contribution in [0, 0.1) is 0 Å². The van der Waals surface area contributed by atoms with Gasteiger partial charge in [-0.2, -0.15) is 0 Å². The molecule has 0 aromatic heterocycles. The van der Waals surface area contributed by atoms with Gasteiger partial charge in [0.05, 0.1) is 10.6 Å². The van der Waals surface area contributed by atoms with Crippen LogP contribution in [0.25, 0.3) is 6.08 Å². The van der Waals surface area contributed by atoms with Crippen molar-refractivity contribution >= 4 is 50.5 Å². The van der Waals surface area contributed by atoms with Crippen LogP contribution >= 0.6 is 27.7 Å². The SMILES string of the molecule is O=C1NC(=Nc2ccc(O)cc2)SC1=Cc1cccc(Br)c1. The highest BCUT2D eigenvalue weighted by atomic mass is 79.9. The van der Waals surface area contributed by atoms with Crippen molar-refractivity contribution in [3.05, 3.63) is 63.5 Å². The molecule has 0 unspecified atom stereocenters. The topological polar surface area (TPSA) is 61.7 Å². The van der Waals surface area contributed by atoms with Crippen molar-refractivity contribution in [2.45, 2.75) is 0 Å². The van der Waals surface area contributed by atoms with Crippen molar-refractivity contribution in [1.29, 1.82) is 0 Å². The maximum atomic E-state index is 12.0. The lowest BCUT2D eigenvalue weighted by atomic mass is 10.2. The summed E-state index contributed by atoms with van der Waals surface area (Å²) in [5.41, 5.74) is 1.61. The van der Waals surface area contributed by atoms with Crippen LogP contribution in [0.5, 0.6) is 5.75 Å². The van der Waals surface area contributed by atoms with Gasteiger partial charge >= 0.3 is 0 Å². The van der Waals surface area contributed by atoms with Crippen molar-refractivity contribution in [1.82, 2.24) is 5.32 Å². The van der Waals surface area contributed by atoms with E-state index in [4.69, 9.17) is 0 Å². The summed E-state index contributed by atoms with van der Waals surface area (Å²) in [6.07, 6.45) is 1.82. The minimum absolute atomic E-state index is 0.164. The molecule has 22 heavy (non-hydrogen) atoms.